The first-order valence-electron chi connectivity index (χ1n) is 7.31. The molecular formula is C16H18ClN3O3S. The van der Waals surface area contributed by atoms with Gasteiger partial charge in [-0.15, -0.1) is 11.3 Å². The van der Waals surface area contributed by atoms with Gasteiger partial charge in [-0.2, -0.15) is 0 Å². The first-order chi connectivity index (χ1) is 11.4. The third-order valence-electron chi connectivity index (χ3n) is 3.44. The van der Waals surface area contributed by atoms with Crippen LogP contribution in [0, 0.1) is 10.1 Å². The average Bonchev–Trinajstić information content (AvgIpc) is 3.03. The van der Waals surface area contributed by atoms with Gasteiger partial charge in [0.25, 0.3) is 5.69 Å². The molecule has 24 heavy (non-hydrogen) atoms. The van der Waals surface area contributed by atoms with Crippen LogP contribution in [0.2, 0.25) is 5.02 Å². The summed E-state index contributed by atoms with van der Waals surface area (Å²) in [6, 6.07) is 8.17. The Morgan fingerprint density at radius 1 is 1.46 bits per heavy atom. The second kappa shape index (κ2) is 8.23. The van der Waals surface area contributed by atoms with Crippen LogP contribution in [-0.2, 0) is 11.3 Å². The zero-order valence-corrected chi connectivity index (χ0v) is 14.9. The Hall–Kier alpha value is -1.96. The number of nitrogens with one attached hydrogen (secondary N) is 1. The minimum absolute atomic E-state index is 0.0152. The topological polar surface area (TPSA) is 75.5 Å². The van der Waals surface area contributed by atoms with E-state index in [-0.39, 0.29) is 24.2 Å². The van der Waals surface area contributed by atoms with Gasteiger partial charge in [0.2, 0.25) is 5.91 Å². The third kappa shape index (κ3) is 5.02. The van der Waals surface area contributed by atoms with Crippen molar-refractivity contribution in [2.45, 2.75) is 19.5 Å². The number of hydrogen-bond acceptors (Lipinski definition) is 5. The predicted molar refractivity (Wildman–Crippen MR) is 95.3 cm³/mol. The lowest BCUT2D eigenvalue weighted by molar-refractivity contribution is -0.384. The molecule has 1 heterocycles. The highest BCUT2D eigenvalue weighted by molar-refractivity contribution is 7.10. The number of amides is 1. The summed E-state index contributed by atoms with van der Waals surface area (Å²) in [4.78, 5) is 25.4. The average molecular weight is 368 g/mol. The largest absolute Gasteiger partial charge is 0.348 e. The molecule has 8 heteroatoms. The number of non-ortho nitro benzene ring substituents is 1. The summed E-state index contributed by atoms with van der Waals surface area (Å²) in [5, 5.41) is 16.2. The number of benzene rings is 1. The standard InChI is InChI=1S/C16H18ClN3O3S/c1-11(15-4-3-7-24-15)18-16(21)10-19(2)9-12-8-13(20(22)23)5-6-14(12)17/h3-8,11H,9-10H2,1-2H3,(H,18,21)/t11-/m1/s1. The fraction of sp³-hybridized carbons (Fsp3) is 0.312. The molecule has 0 aliphatic heterocycles. The second-order valence-corrected chi connectivity index (χ2v) is 6.90. The molecule has 0 radical (unpaired) electrons. The Bertz CT molecular complexity index is 721. The number of thiophene rings is 1. The number of carbonyl (C=O) groups is 1. The SMILES string of the molecule is C[C@@H](NC(=O)CN(C)Cc1cc([N+](=O)[O-])ccc1Cl)c1cccs1. The monoisotopic (exact) mass is 367 g/mol. The van der Waals surface area contributed by atoms with E-state index in [2.05, 4.69) is 5.32 Å². The van der Waals surface area contributed by atoms with E-state index in [4.69, 9.17) is 11.6 Å². The van der Waals surface area contributed by atoms with Crippen molar-refractivity contribution >= 4 is 34.5 Å². The van der Waals surface area contributed by atoms with Gasteiger partial charge < -0.3 is 5.32 Å². The Morgan fingerprint density at radius 3 is 2.83 bits per heavy atom. The van der Waals surface area contributed by atoms with Gasteiger partial charge in [0, 0.05) is 28.6 Å². The van der Waals surface area contributed by atoms with Crippen molar-refractivity contribution < 1.29 is 9.72 Å². The number of nitro benzene ring substituents is 1. The number of rotatable bonds is 7. The zero-order valence-electron chi connectivity index (χ0n) is 13.4. The molecule has 0 saturated heterocycles. The van der Waals surface area contributed by atoms with E-state index >= 15 is 0 Å². The molecule has 1 atom stereocenters. The number of likely N-dealkylation sites (N-methyl/N-ethyl adjacent to an activating group) is 1. The molecule has 1 N–H and O–H groups in total. The highest BCUT2D eigenvalue weighted by Gasteiger charge is 2.15. The van der Waals surface area contributed by atoms with Gasteiger partial charge in [0.15, 0.2) is 0 Å². The van der Waals surface area contributed by atoms with Gasteiger partial charge in [-0.3, -0.25) is 19.8 Å². The first kappa shape index (κ1) is 18.4. The quantitative estimate of drug-likeness (QED) is 0.599. The fourth-order valence-corrected chi connectivity index (χ4v) is 3.20. The molecule has 1 aromatic heterocycles. The number of nitro groups is 1. The van der Waals surface area contributed by atoms with Crippen LogP contribution in [0.5, 0.6) is 0 Å². The lowest BCUT2D eigenvalue weighted by Crippen LogP contribution is -2.36. The molecule has 0 saturated carbocycles. The van der Waals surface area contributed by atoms with Crippen molar-refractivity contribution in [3.8, 4) is 0 Å². The van der Waals surface area contributed by atoms with Gasteiger partial charge in [-0.1, -0.05) is 17.7 Å². The molecule has 0 fully saturated rings. The van der Waals surface area contributed by atoms with E-state index in [9.17, 15) is 14.9 Å². The minimum atomic E-state index is -0.463. The maximum atomic E-state index is 12.1. The van der Waals surface area contributed by atoms with Crippen molar-refractivity contribution in [2.24, 2.45) is 0 Å². The smallest absolute Gasteiger partial charge is 0.269 e. The highest BCUT2D eigenvalue weighted by atomic mass is 35.5. The van der Waals surface area contributed by atoms with Crippen molar-refractivity contribution in [3.63, 3.8) is 0 Å². The molecule has 1 amide bonds. The predicted octanol–water partition coefficient (Wildman–Crippen LogP) is 3.62. The fourth-order valence-electron chi connectivity index (χ4n) is 2.28. The molecule has 6 nitrogen and oxygen atoms in total. The number of halogens is 1. The van der Waals surface area contributed by atoms with Crippen molar-refractivity contribution in [1.82, 2.24) is 10.2 Å². The molecule has 0 bridgehead atoms. The number of carbonyl (C=O) groups excluding carboxylic acids is 1. The van der Waals surface area contributed by atoms with Crippen LogP contribution in [0.25, 0.3) is 0 Å². The molecule has 0 aliphatic rings. The second-order valence-electron chi connectivity index (χ2n) is 5.51. The molecular weight excluding hydrogens is 350 g/mol. The van der Waals surface area contributed by atoms with E-state index in [1.807, 2.05) is 24.4 Å². The summed E-state index contributed by atoms with van der Waals surface area (Å²) in [5.74, 6) is -0.111. The molecule has 2 aromatic rings. The Labute approximate surface area is 149 Å². The van der Waals surface area contributed by atoms with Crippen LogP contribution >= 0.6 is 22.9 Å². The molecule has 2 rings (SSSR count). The van der Waals surface area contributed by atoms with Crippen molar-refractivity contribution in [3.05, 3.63) is 61.3 Å². The first-order valence-corrected chi connectivity index (χ1v) is 8.56. The van der Waals surface area contributed by atoms with Crippen LogP contribution in [0.15, 0.2) is 35.7 Å². The number of nitrogens with zero attached hydrogens (tertiary/aromatic N) is 2. The Morgan fingerprint density at radius 2 is 2.21 bits per heavy atom. The van der Waals surface area contributed by atoms with E-state index in [0.29, 0.717) is 17.1 Å². The third-order valence-corrected chi connectivity index (χ3v) is 4.87. The van der Waals surface area contributed by atoms with E-state index in [1.165, 1.54) is 18.2 Å². The molecule has 0 spiro atoms. The van der Waals surface area contributed by atoms with Gasteiger partial charge in [0.1, 0.15) is 0 Å². The summed E-state index contributed by atoms with van der Waals surface area (Å²) in [5.41, 5.74) is 0.603. The van der Waals surface area contributed by atoms with Crippen LogP contribution in [0.1, 0.15) is 23.4 Å². The van der Waals surface area contributed by atoms with Crippen LogP contribution < -0.4 is 5.32 Å². The maximum Gasteiger partial charge on any atom is 0.269 e. The molecule has 1 aromatic carbocycles. The van der Waals surface area contributed by atoms with Gasteiger partial charge in [-0.25, -0.2) is 0 Å². The summed E-state index contributed by atoms with van der Waals surface area (Å²) in [7, 11) is 1.77. The summed E-state index contributed by atoms with van der Waals surface area (Å²) in [6.45, 7) is 2.46. The Kier molecular flexibility index (Phi) is 6.30. The normalized spacial score (nSPS) is 12.2. The lowest BCUT2D eigenvalue weighted by Gasteiger charge is -2.19. The van der Waals surface area contributed by atoms with Crippen LogP contribution in [-0.4, -0.2) is 29.3 Å². The van der Waals surface area contributed by atoms with E-state index in [1.54, 1.807) is 23.3 Å². The minimum Gasteiger partial charge on any atom is -0.348 e. The van der Waals surface area contributed by atoms with Crippen LogP contribution in [0.4, 0.5) is 5.69 Å². The highest BCUT2D eigenvalue weighted by Crippen LogP contribution is 2.23. The summed E-state index contributed by atoms with van der Waals surface area (Å²) in [6.07, 6.45) is 0. The molecule has 128 valence electrons. The molecule has 0 unspecified atom stereocenters. The van der Waals surface area contributed by atoms with Crippen molar-refractivity contribution in [1.29, 1.82) is 0 Å². The lowest BCUT2D eigenvalue weighted by atomic mass is 10.2. The van der Waals surface area contributed by atoms with Gasteiger partial charge in [-0.05, 0) is 37.0 Å². The summed E-state index contributed by atoms with van der Waals surface area (Å²) >= 11 is 7.68. The summed E-state index contributed by atoms with van der Waals surface area (Å²) < 4.78 is 0. The zero-order chi connectivity index (χ0) is 17.7. The van der Waals surface area contributed by atoms with E-state index < -0.39 is 4.92 Å². The molecule has 0 aliphatic carbocycles. The number of hydrogen-bond donors (Lipinski definition) is 1. The maximum absolute atomic E-state index is 12.1. The van der Waals surface area contributed by atoms with Gasteiger partial charge >= 0.3 is 0 Å². The van der Waals surface area contributed by atoms with Crippen molar-refractivity contribution in [2.75, 3.05) is 13.6 Å². The van der Waals surface area contributed by atoms with Crippen LogP contribution in [0.3, 0.4) is 0 Å². The Balaban J connectivity index is 1.93. The van der Waals surface area contributed by atoms with Gasteiger partial charge in [0.05, 0.1) is 17.5 Å². The van der Waals surface area contributed by atoms with E-state index in [0.717, 1.165) is 4.88 Å².